The normalized spacial score (nSPS) is 14.7. The highest BCUT2D eigenvalue weighted by atomic mass is 16.2. The molecule has 15 heavy (non-hydrogen) atoms. The van der Waals surface area contributed by atoms with Gasteiger partial charge in [0.15, 0.2) is 0 Å². The van der Waals surface area contributed by atoms with Gasteiger partial charge in [0, 0.05) is 18.8 Å². The topological polar surface area (TPSA) is 72.9 Å². The van der Waals surface area contributed by atoms with Crippen molar-refractivity contribution < 1.29 is 4.79 Å². The van der Waals surface area contributed by atoms with Gasteiger partial charge in [-0.05, 0) is 20.8 Å². The molecular weight excluding hydrogens is 192 g/mol. The van der Waals surface area contributed by atoms with Gasteiger partial charge in [-0.15, -0.1) is 0 Å². The lowest BCUT2D eigenvalue weighted by Gasteiger charge is -2.14. The number of nitrogens with zero attached hydrogens (tertiary/aromatic N) is 2. The van der Waals surface area contributed by atoms with E-state index >= 15 is 0 Å². The van der Waals surface area contributed by atoms with Crippen molar-refractivity contribution in [3.8, 4) is 0 Å². The summed E-state index contributed by atoms with van der Waals surface area (Å²) in [7, 11) is 1.86. The van der Waals surface area contributed by atoms with E-state index in [2.05, 4.69) is 10.4 Å². The number of carbonyl (C=O) groups excluding carboxylic acids is 1. The molecular formula is C10H18N4O. The molecule has 5 heteroatoms. The van der Waals surface area contributed by atoms with Crippen LogP contribution in [-0.4, -0.2) is 21.7 Å². The molecule has 0 aromatic carbocycles. The molecule has 0 saturated carbocycles. The minimum absolute atomic E-state index is 0.0581. The Labute approximate surface area is 89.6 Å². The first-order valence-corrected chi connectivity index (χ1v) is 4.98. The van der Waals surface area contributed by atoms with E-state index in [0.29, 0.717) is 0 Å². The van der Waals surface area contributed by atoms with Crippen LogP contribution in [0.5, 0.6) is 0 Å². The van der Waals surface area contributed by atoms with Gasteiger partial charge in [0.05, 0.1) is 17.8 Å². The van der Waals surface area contributed by atoms with E-state index in [4.69, 9.17) is 5.73 Å². The predicted molar refractivity (Wildman–Crippen MR) is 58.2 cm³/mol. The Morgan fingerprint density at radius 3 is 2.60 bits per heavy atom. The van der Waals surface area contributed by atoms with E-state index in [1.165, 1.54) is 0 Å². The highest BCUT2D eigenvalue weighted by Gasteiger charge is 2.15. The van der Waals surface area contributed by atoms with Gasteiger partial charge in [-0.25, -0.2) is 0 Å². The third kappa shape index (κ3) is 2.79. The Morgan fingerprint density at radius 2 is 2.20 bits per heavy atom. The van der Waals surface area contributed by atoms with Gasteiger partial charge in [0.2, 0.25) is 5.91 Å². The van der Waals surface area contributed by atoms with Crippen molar-refractivity contribution in [3.63, 3.8) is 0 Å². The zero-order valence-electron chi connectivity index (χ0n) is 9.61. The summed E-state index contributed by atoms with van der Waals surface area (Å²) in [4.78, 5) is 11.4. The lowest BCUT2D eigenvalue weighted by molar-refractivity contribution is -0.122. The van der Waals surface area contributed by atoms with E-state index in [1.54, 1.807) is 11.6 Å². The summed E-state index contributed by atoms with van der Waals surface area (Å²) in [6.07, 6.45) is 1.90. The van der Waals surface area contributed by atoms with Gasteiger partial charge in [-0.1, -0.05) is 0 Å². The number of aryl methyl sites for hydroxylation is 2. The fourth-order valence-electron chi connectivity index (χ4n) is 1.47. The van der Waals surface area contributed by atoms with Crippen molar-refractivity contribution in [1.82, 2.24) is 15.1 Å². The first kappa shape index (κ1) is 11.7. The van der Waals surface area contributed by atoms with Crippen molar-refractivity contribution >= 4 is 5.91 Å². The van der Waals surface area contributed by atoms with Crippen LogP contribution in [-0.2, 0) is 11.8 Å². The molecule has 1 aromatic heterocycles. The minimum atomic E-state index is -0.482. The van der Waals surface area contributed by atoms with Gasteiger partial charge < -0.3 is 11.1 Å². The largest absolute Gasteiger partial charge is 0.348 e. The lowest BCUT2D eigenvalue weighted by atomic mass is 10.1. The number of carbonyl (C=O) groups is 1. The molecule has 1 rings (SSSR count). The zero-order valence-corrected chi connectivity index (χ0v) is 9.61. The molecule has 0 bridgehead atoms. The third-order valence-corrected chi connectivity index (χ3v) is 2.29. The molecule has 5 nitrogen and oxygen atoms in total. The Morgan fingerprint density at radius 1 is 1.60 bits per heavy atom. The molecule has 0 aliphatic heterocycles. The third-order valence-electron chi connectivity index (χ3n) is 2.29. The van der Waals surface area contributed by atoms with Crippen molar-refractivity contribution in [2.45, 2.75) is 32.9 Å². The Bertz CT molecular complexity index is 356. The van der Waals surface area contributed by atoms with Crippen LogP contribution in [0.1, 0.15) is 31.1 Å². The maximum atomic E-state index is 11.4. The Hall–Kier alpha value is -1.36. The summed E-state index contributed by atoms with van der Waals surface area (Å²) in [5.74, 6) is -0.147. The molecule has 0 spiro atoms. The highest BCUT2D eigenvalue weighted by Crippen LogP contribution is 2.15. The van der Waals surface area contributed by atoms with Crippen LogP contribution in [0, 0.1) is 6.92 Å². The number of nitrogens with two attached hydrogens (primary N) is 1. The van der Waals surface area contributed by atoms with E-state index < -0.39 is 6.04 Å². The van der Waals surface area contributed by atoms with Crippen molar-refractivity contribution in [1.29, 1.82) is 0 Å². The maximum absolute atomic E-state index is 11.4. The Kier molecular flexibility index (Phi) is 3.47. The van der Waals surface area contributed by atoms with Crippen LogP contribution < -0.4 is 11.1 Å². The summed E-state index contributed by atoms with van der Waals surface area (Å²) in [6.45, 7) is 5.51. The quantitative estimate of drug-likeness (QED) is 0.751. The minimum Gasteiger partial charge on any atom is -0.348 e. The molecule has 2 unspecified atom stereocenters. The molecule has 0 fully saturated rings. The first-order valence-electron chi connectivity index (χ1n) is 4.98. The molecule has 1 heterocycles. The molecule has 1 amide bonds. The molecule has 0 aliphatic rings. The summed E-state index contributed by atoms with van der Waals surface area (Å²) in [5, 5.41) is 7.05. The van der Waals surface area contributed by atoms with Gasteiger partial charge in [-0.2, -0.15) is 5.10 Å². The van der Waals surface area contributed by atoms with Crippen molar-refractivity contribution in [2.75, 3.05) is 0 Å². The number of aromatic nitrogens is 2. The fourth-order valence-corrected chi connectivity index (χ4v) is 1.47. The monoisotopic (exact) mass is 210 g/mol. The van der Waals surface area contributed by atoms with E-state index in [0.717, 1.165) is 11.3 Å². The summed E-state index contributed by atoms with van der Waals surface area (Å²) >= 11 is 0. The number of rotatable bonds is 3. The molecule has 1 aromatic rings. The number of nitrogens with one attached hydrogen (secondary N) is 1. The number of hydrogen-bond acceptors (Lipinski definition) is 3. The van der Waals surface area contributed by atoms with Crippen LogP contribution in [0.3, 0.4) is 0 Å². The van der Waals surface area contributed by atoms with Crippen LogP contribution in [0.4, 0.5) is 0 Å². The molecule has 0 radical (unpaired) electrons. The van der Waals surface area contributed by atoms with E-state index in [1.807, 2.05) is 27.1 Å². The predicted octanol–water partition coefficient (Wildman–Crippen LogP) is 0.253. The molecule has 0 aliphatic carbocycles. The molecule has 2 atom stereocenters. The SMILES string of the molecule is Cc1nn(C)cc1C(C)NC(=O)C(C)N. The summed E-state index contributed by atoms with van der Waals surface area (Å²) in [6, 6.07) is -0.540. The van der Waals surface area contributed by atoms with Crippen LogP contribution >= 0.6 is 0 Å². The first-order chi connectivity index (χ1) is 6.91. The van der Waals surface area contributed by atoms with E-state index in [9.17, 15) is 4.79 Å². The van der Waals surface area contributed by atoms with Crippen LogP contribution in [0.2, 0.25) is 0 Å². The van der Waals surface area contributed by atoms with Gasteiger partial charge in [0.1, 0.15) is 0 Å². The Balaban J connectivity index is 2.73. The second kappa shape index (κ2) is 4.44. The second-order valence-corrected chi connectivity index (χ2v) is 3.86. The summed E-state index contributed by atoms with van der Waals surface area (Å²) < 4.78 is 1.74. The average Bonchev–Trinajstić information content (AvgIpc) is 2.44. The van der Waals surface area contributed by atoms with Crippen molar-refractivity contribution in [3.05, 3.63) is 17.5 Å². The second-order valence-electron chi connectivity index (χ2n) is 3.86. The standard InChI is InChI=1S/C10H18N4O/c1-6(11)10(15)12-7(2)9-5-14(4)13-8(9)3/h5-7H,11H2,1-4H3,(H,12,15). The van der Waals surface area contributed by atoms with Gasteiger partial charge >= 0.3 is 0 Å². The van der Waals surface area contributed by atoms with Crippen LogP contribution in [0.25, 0.3) is 0 Å². The fraction of sp³-hybridized carbons (Fsp3) is 0.600. The van der Waals surface area contributed by atoms with Crippen molar-refractivity contribution in [2.24, 2.45) is 12.8 Å². The average molecular weight is 210 g/mol. The van der Waals surface area contributed by atoms with Gasteiger partial charge in [0.25, 0.3) is 0 Å². The van der Waals surface area contributed by atoms with Crippen LogP contribution in [0.15, 0.2) is 6.20 Å². The maximum Gasteiger partial charge on any atom is 0.237 e. The number of amides is 1. The zero-order chi connectivity index (χ0) is 11.6. The lowest BCUT2D eigenvalue weighted by Crippen LogP contribution is -2.39. The highest BCUT2D eigenvalue weighted by molar-refractivity contribution is 5.81. The van der Waals surface area contributed by atoms with Gasteiger partial charge in [-0.3, -0.25) is 9.48 Å². The molecule has 84 valence electrons. The molecule has 3 N–H and O–H groups in total. The molecule has 0 saturated heterocycles. The smallest absolute Gasteiger partial charge is 0.237 e. The summed E-state index contributed by atoms with van der Waals surface area (Å²) in [5.41, 5.74) is 7.42. The number of hydrogen-bond donors (Lipinski definition) is 2. The van der Waals surface area contributed by atoms with E-state index in [-0.39, 0.29) is 11.9 Å².